The van der Waals surface area contributed by atoms with Crippen molar-refractivity contribution in [3.63, 3.8) is 0 Å². The average molecular weight is 574 g/mol. The van der Waals surface area contributed by atoms with Gasteiger partial charge in [0.05, 0.1) is 17.1 Å². The van der Waals surface area contributed by atoms with Gasteiger partial charge in [-0.1, -0.05) is 36.5 Å². The highest BCUT2D eigenvalue weighted by Crippen LogP contribution is 2.34. The summed E-state index contributed by atoms with van der Waals surface area (Å²) in [5.41, 5.74) is 1.36. The number of hydrogen-bond donors (Lipinski definition) is 1. The molecule has 0 spiro atoms. The highest BCUT2D eigenvalue weighted by molar-refractivity contribution is 8.26. The number of unbranched alkanes of at least 4 members (excludes halogenated alkanes) is 2. The van der Waals surface area contributed by atoms with Crippen LogP contribution in [0.4, 0.5) is 10.6 Å². The Labute approximate surface area is 235 Å². The second kappa shape index (κ2) is 12.6. The van der Waals surface area contributed by atoms with Crippen molar-refractivity contribution in [3.8, 4) is 0 Å². The Kier molecular flexibility index (Phi) is 9.23. The van der Waals surface area contributed by atoms with E-state index in [1.807, 2.05) is 17.9 Å². The van der Waals surface area contributed by atoms with E-state index >= 15 is 0 Å². The van der Waals surface area contributed by atoms with E-state index < -0.39 is 5.97 Å². The number of amides is 2. The van der Waals surface area contributed by atoms with E-state index in [1.54, 1.807) is 30.2 Å². The molecule has 0 unspecified atom stereocenters. The van der Waals surface area contributed by atoms with Crippen molar-refractivity contribution in [1.82, 2.24) is 19.2 Å². The molecule has 2 aromatic heterocycles. The molecule has 2 aliphatic rings. The summed E-state index contributed by atoms with van der Waals surface area (Å²) < 4.78 is 6.99. The number of carbonyl (C=O) groups is 3. The molecule has 4 rings (SSSR count). The van der Waals surface area contributed by atoms with Crippen molar-refractivity contribution in [2.45, 2.75) is 39.5 Å². The predicted molar refractivity (Wildman–Crippen MR) is 153 cm³/mol. The fourth-order valence-electron chi connectivity index (χ4n) is 4.48. The van der Waals surface area contributed by atoms with E-state index in [0.717, 1.165) is 17.3 Å². The lowest BCUT2D eigenvalue weighted by atomic mass is 10.2. The highest BCUT2D eigenvalue weighted by Gasteiger charge is 2.33. The molecule has 0 aliphatic carbocycles. The van der Waals surface area contributed by atoms with Gasteiger partial charge in [0.2, 0.25) is 0 Å². The molecule has 0 atom stereocenters. The summed E-state index contributed by atoms with van der Waals surface area (Å²) in [5, 5.41) is 8.81. The number of thiocarbonyl (C=S) groups is 1. The van der Waals surface area contributed by atoms with Crippen LogP contribution in [0.5, 0.6) is 0 Å². The molecule has 0 radical (unpaired) electrons. The number of thioether (sulfide) groups is 1. The first-order chi connectivity index (χ1) is 18.7. The third kappa shape index (κ3) is 6.59. The summed E-state index contributed by atoms with van der Waals surface area (Å²) in [7, 11) is 0. The molecule has 4 heterocycles. The highest BCUT2D eigenvalue weighted by atomic mass is 32.2. The standard InChI is InChI=1S/C26H31N5O6S2/c1-3-37-25(36)29-13-11-28(12-14-29)22-18(23(34)31-16-17(2)8-9-20(31)27-22)15-19-24(35)30(26(38)39-19)10-6-4-5-7-21(32)33/h8-9,15-16H,3-7,10-14H2,1-2H3,(H,32,33)/b19-15+. The minimum absolute atomic E-state index is 0.0908. The molecule has 11 nitrogen and oxygen atoms in total. The summed E-state index contributed by atoms with van der Waals surface area (Å²) in [5.74, 6) is -0.673. The smallest absolute Gasteiger partial charge is 0.409 e. The zero-order valence-corrected chi connectivity index (χ0v) is 23.6. The molecule has 2 aromatic rings. The molecule has 208 valence electrons. The minimum atomic E-state index is -0.841. The van der Waals surface area contributed by atoms with Crippen LogP contribution in [0.2, 0.25) is 0 Å². The van der Waals surface area contributed by atoms with Gasteiger partial charge in [0.25, 0.3) is 11.5 Å². The summed E-state index contributed by atoms with van der Waals surface area (Å²) in [6.07, 6.45) is 4.83. The van der Waals surface area contributed by atoms with Crippen LogP contribution in [0.15, 0.2) is 28.0 Å². The SMILES string of the molecule is CCOC(=O)N1CCN(c2nc3ccc(C)cn3c(=O)c2/C=C2/SC(=S)N(CCCCCC(=O)O)C2=O)CC1. The monoisotopic (exact) mass is 573 g/mol. The number of rotatable bonds is 9. The van der Waals surface area contributed by atoms with Gasteiger partial charge >= 0.3 is 12.1 Å². The van der Waals surface area contributed by atoms with Gasteiger partial charge in [0.15, 0.2) is 0 Å². The molecular formula is C26H31N5O6S2. The number of fused-ring (bicyclic) bond motifs is 1. The van der Waals surface area contributed by atoms with E-state index in [1.165, 1.54) is 9.30 Å². The summed E-state index contributed by atoms with van der Waals surface area (Å²) in [4.78, 5) is 60.0. The van der Waals surface area contributed by atoms with E-state index in [4.69, 9.17) is 27.0 Å². The summed E-state index contributed by atoms with van der Waals surface area (Å²) >= 11 is 6.59. The van der Waals surface area contributed by atoms with Gasteiger partial charge in [-0.2, -0.15) is 0 Å². The zero-order chi connectivity index (χ0) is 28.1. The van der Waals surface area contributed by atoms with Gasteiger partial charge in [-0.05, 0) is 44.4 Å². The Bertz CT molecular complexity index is 1380. The number of carbonyl (C=O) groups excluding carboxylic acids is 2. The summed E-state index contributed by atoms with van der Waals surface area (Å²) in [6.45, 7) is 6.06. The van der Waals surface area contributed by atoms with Gasteiger partial charge in [0, 0.05) is 45.3 Å². The van der Waals surface area contributed by atoms with Gasteiger partial charge in [-0.25, -0.2) is 9.78 Å². The Hall–Kier alpha value is -3.45. The van der Waals surface area contributed by atoms with Gasteiger partial charge in [0.1, 0.15) is 15.8 Å². The molecule has 1 N–H and O–H groups in total. The maximum atomic E-state index is 13.7. The van der Waals surface area contributed by atoms with E-state index in [0.29, 0.717) is 79.3 Å². The second-order valence-electron chi connectivity index (χ2n) is 9.30. The topological polar surface area (TPSA) is 125 Å². The Morgan fingerprint density at radius 3 is 2.59 bits per heavy atom. The van der Waals surface area contributed by atoms with Crippen LogP contribution < -0.4 is 10.5 Å². The minimum Gasteiger partial charge on any atom is -0.481 e. The van der Waals surface area contributed by atoms with Gasteiger partial charge in [-0.3, -0.25) is 23.7 Å². The molecule has 0 aromatic carbocycles. The zero-order valence-electron chi connectivity index (χ0n) is 21.9. The summed E-state index contributed by atoms with van der Waals surface area (Å²) in [6, 6.07) is 3.66. The molecule has 0 saturated carbocycles. The van der Waals surface area contributed by atoms with Crippen LogP contribution in [0.3, 0.4) is 0 Å². The van der Waals surface area contributed by atoms with Crippen LogP contribution in [-0.4, -0.2) is 85.9 Å². The van der Waals surface area contributed by atoms with Crippen LogP contribution >= 0.6 is 24.0 Å². The van der Waals surface area contributed by atoms with Crippen molar-refractivity contribution < 1.29 is 24.2 Å². The molecule has 2 fully saturated rings. The first-order valence-corrected chi connectivity index (χ1v) is 14.1. The van der Waals surface area contributed by atoms with Gasteiger partial charge < -0.3 is 19.6 Å². The molecule has 39 heavy (non-hydrogen) atoms. The van der Waals surface area contributed by atoms with Crippen molar-refractivity contribution in [1.29, 1.82) is 0 Å². The lowest BCUT2D eigenvalue weighted by Crippen LogP contribution is -2.49. The lowest BCUT2D eigenvalue weighted by molar-refractivity contribution is -0.137. The number of ether oxygens (including phenoxy) is 1. The fraction of sp³-hybridized carbons (Fsp3) is 0.462. The van der Waals surface area contributed by atoms with Crippen LogP contribution in [0.1, 0.15) is 43.7 Å². The first kappa shape index (κ1) is 28.6. The molecule has 13 heteroatoms. The number of anilines is 1. The number of piperazine rings is 1. The number of aliphatic carboxylic acids is 1. The number of nitrogens with zero attached hydrogens (tertiary/aromatic N) is 5. The Balaban J connectivity index is 1.62. The number of carboxylic acids is 1. The third-order valence-electron chi connectivity index (χ3n) is 6.51. The number of aryl methyl sites for hydroxylation is 1. The van der Waals surface area contributed by atoms with E-state index in [9.17, 15) is 19.2 Å². The van der Waals surface area contributed by atoms with Crippen molar-refractivity contribution in [2.24, 2.45) is 0 Å². The quantitative estimate of drug-likeness (QED) is 0.272. The van der Waals surface area contributed by atoms with E-state index in [-0.39, 0.29) is 29.5 Å². The van der Waals surface area contributed by atoms with Gasteiger partial charge in [-0.15, -0.1) is 0 Å². The number of aromatic nitrogens is 2. The first-order valence-electron chi connectivity index (χ1n) is 12.9. The second-order valence-corrected chi connectivity index (χ2v) is 11.0. The molecule has 2 aliphatic heterocycles. The maximum Gasteiger partial charge on any atom is 0.409 e. The number of carboxylic acid groups (broad SMARTS) is 1. The van der Waals surface area contributed by atoms with Crippen LogP contribution in [0.25, 0.3) is 11.7 Å². The number of hydrogen-bond acceptors (Lipinski definition) is 9. The Morgan fingerprint density at radius 1 is 1.15 bits per heavy atom. The third-order valence-corrected chi connectivity index (χ3v) is 7.89. The van der Waals surface area contributed by atoms with Crippen LogP contribution in [-0.2, 0) is 14.3 Å². The fourth-order valence-corrected chi connectivity index (χ4v) is 5.77. The van der Waals surface area contributed by atoms with Crippen molar-refractivity contribution >= 4 is 63.8 Å². The van der Waals surface area contributed by atoms with Crippen molar-refractivity contribution in [3.05, 3.63) is 44.7 Å². The lowest BCUT2D eigenvalue weighted by Gasteiger charge is -2.35. The number of pyridine rings is 1. The molecular weight excluding hydrogens is 542 g/mol. The van der Waals surface area contributed by atoms with E-state index in [2.05, 4.69) is 0 Å². The van der Waals surface area contributed by atoms with Crippen LogP contribution in [0, 0.1) is 6.92 Å². The normalized spacial score (nSPS) is 17.0. The maximum absolute atomic E-state index is 13.7. The predicted octanol–water partition coefficient (Wildman–Crippen LogP) is 3.13. The van der Waals surface area contributed by atoms with Crippen molar-refractivity contribution in [2.75, 3.05) is 44.2 Å². The Morgan fingerprint density at radius 2 is 1.90 bits per heavy atom. The molecule has 2 saturated heterocycles. The average Bonchev–Trinajstić information content (AvgIpc) is 3.17. The molecule has 0 bridgehead atoms. The molecule has 2 amide bonds. The largest absolute Gasteiger partial charge is 0.481 e.